The SMILES string of the molecule is C=C(C)NCc1c(C)nn(C)c1C. The molecule has 72 valence electrons. The molecule has 1 rings (SSSR count). The molecule has 0 aliphatic carbocycles. The number of hydrogen-bond acceptors (Lipinski definition) is 2. The van der Waals surface area contributed by atoms with Crippen molar-refractivity contribution in [3.8, 4) is 0 Å². The van der Waals surface area contributed by atoms with E-state index in [4.69, 9.17) is 0 Å². The van der Waals surface area contributed by atoms with E-state index in [0.717, 1.165) is 17.9 Å². The Hall–Kier alpha value is -1.25. The van der Waals surface area contributed by atoms with Crippen molar-refractivity contribution in [2.45, 2.75) is 27.3 Å². The second-order valence-electron chi connectivity index (χ2n) is 3.41. The highest BCUT2D eigenvalue weighted by Crippen LogP contribution is 2.11. The zero-order valence-corrected chi connectivity index (χ0v) is 8.81. The molecule has 1 heterocycles. The van der Waals surface area contributed by atoms with E-state index in [2.05, 4.69) is 23.9 Å². The van der Waals surface area contributed by atoms with E-state index in [1.807, 2.05) is 25.6 Å². The van der Waals surface area contributed by atoms with E-state index in [-0.39, 0.29) is 0 Å². The fourth-order valence-electron chi connectivity index (χ4n) is 1.31. The van der Waals surface area contributed by atoms with Crippen LogP contribution in [-0.4, -0.2) is 9.78 Å². The van der Waals surface area contributed by atoms with Crippen LogP contribution < -0.4 is 5.32 Å². The third-order valence-corrected chi connectivity index (χ3v) is 2.23. The van der Waals surface area contributed by atoms with Crippen LogP contribution in [0.3, 0.4) is 0 Å². The topological polar surface area (TPSA) is 29.9 Å². The molecule has 3 heteroatoms. The van der Waals surface area contributed by atoms with Gasteiger partial charge >= 0.3 is 0 Å². The predicted molar refractivity (Wildman–Crippen MR) is 54.3 cm³/mol. The number of aryl methyl sites for hydroxylation is 2. The molecular formula is C10H17N3. The highest BCUT2D eigenvalue weighted by Gasteiger charge is 2.07. The van der Waals surface area contributed by atoms with E-state index >= 15 is 0 Å². The number of aromatic nitrogens is 2. The lowest BCUT2D eigenvalue weighted by Crippen LogP contribution is -2.10. The molecule has 0 aliphatic heterocycles. The summed E-state index contributed by atoms with van der Waals surface area (Å²) in [6.07, 6.45) is 0. The van der Waals surface area contributed by atoms with E-state index in [9.17, 15) is 0 Å². The van der Waals surface area contributed by atoms with Crippen molar-refractivity contribution in [1.29, 1.82) is 0 Å². The van der Waals surface area contributed by atoms with E-state index in [1.54, 1.807) is 0 Å². The van der Waals surface area contributed by atoms with Crippen molar-refractivity contribution in [1.82, 2.24) is 15.1 Å². The molecule has 0 atom stereocenters. The fraction of sp³-hybridized carbons (Fsp3) is 0.500. The van der Waals surface area contributed by atoms with E-state index < -0.39 is 0 Å². The third-order valence-electron chi connectivity index (χ3n) is 2.23. The van der Waals surface area contributed by atoms with Gasteiger partial charge in [0, 0.05) is 30.5 Å². The molecule has 0 aliphatic rings. The van der Waals surface area contributed by atoms with Gasteiger partial charge in [-0.2, -0.15) is 5.10 Å². The summed E-state index contributed by atoms with van der Waals surface area (Å²) < 4.78 is 1.91. The summed E-state index contributed by atoms with van der Waals surface area (Å²) in [6.45, 7) is 10.7. The zero-order chi connectivity index (χ0) is 10.0. The van der Waals surface area contributed by atoms with Gasteiger partial charge < -0.3 is 5.32 Å². The molecule has 0 saturated carbocycles. The van der Waals surface area contributed by atoms with Crippen molar-refractivity contribution in [3.63, 3.8) is 0 Å². The predicted octanol–water partition coefficient (Wildman–Crippen LogP) is 1.66. The third kappa shape index (κ3) is 2.11. The fourth-order valence-corrected chi connectivity index (χ4v) is 1.31. The lowest BCUT2D eigenvalue weighted by Gasteiger charge is -2.05. The van der Waals surface area contributed by atoms with Crippen molar-refractivity contribution >= 4 is 0 Å². The largest absolute Gasteiger partial charge is 0.385 e. The lowest BCUT2D eigenvalue weighted by atomic mass is 10.2. The van der Waals surface area contributed by atoms with Crippen LogP contribution >= 0.6 is 0 Å². The lowest BCUT2D eigenvalue weighted by molar-refractivity contribution is 0.727. The first-order valence-corrected chi connectivity index (χ1v) is 4.41. The number of rotatable bonds is 3. The molecule has 0 saturated heterocycles. The van der Waals surface area contributed by atoms with Gasteiger partial charge in [-0.3, -0.25) is 4.68 Å². The maximum Gasteiger partial charge on any atom is 0.0646 e. The maximum atomic E-state index is 4.34. The molecule has 0 amide bonds. The van der Waals surface area contributed by atoms with Crippen LogP contribution in [0.15, 0.2) is 12.3 Å². The summed E-state index contributed by atoms with van der Waals surface area (Å²) in [5.74, 6) is 0. The highest BCUT2D eigenvalue weighted by atomic mass is 15.3. The summed E-state index contributed by atoms with van der Waals surface area (Å²) in [5, 5.41) is 7.54. The molecule has 13 heavy (non-hydrogen) atoms. The summed E-state index contributed by atoms with van der Waals surface area (Å²) >= 11 is 0. The van der Waals surface area contributed by atoms with Gasteiger partial charge in [-0.05, 0) is 20.8 Å². The Morgan fingerprint density at radius 1 is 1.54 bits per heavy atom. The molecule has 0 fully saturated rings. The Morgan fingerprint density at radius 3 is 2.54 bits per heavy atom. The molecule has 1 N–H and O–H groups in total. The van der Waals surface area contributed by atoms with E-state index in [0.29, 0.717) is 0 Å². The molecule has 1 aromatic rings. The summed E-state index contributed by atoms with van der Waals surface area (Å²) in [5.41, 5.74) is 4.56. The number of allylic oxidation sites excluding steroid dienone is 1. The summed E-state index contributed by atoms with van der Waals surface area (Å²) in [7, 11) is 1.96. The maximum absolute atomic E-state index is 4.34. The van der Waals surface area contributed by atoms with Gasteiger partial charge in [-0.1, -0.05) is 6.58 Å². The van der Waals surface area contributed by atoms with Gasteiger partial charge in [0.2, 0.25) is 0 Å². The van der Waals surface area contributed by atoms with Crippen LogP contribution in [0.5, 0.6) is 0 Å². The molecule has 0 radical (unpaired) electrons. The van der Waals surface area contributed by atoms with Crippen molar-refractivity contribution in [3.05, 3.63) is 29.2 Å². The van der Waals surface area contributed by atoms with Crippen LogP contribution in [-0.2, 0) is 13.6 Å². The van der Waals surface area contributed by atoms with Crippen LogP contribution in [0.25, 0.3) is 0 Å². The Bertz CT molecular complexity index is 323. The number of nitrogens with one attached hydrogen (secondary N) is 1. The Kier molecular flexibility index (Phi) is 2.76. The van der Waals surface area contributed by atoms with Crippen molar-refractivity contribution < 1.29 is 0 Å². The smallest absolute Gasteiger partial charge is 0.0646 e. The average Bonchev–Trinajstić information content (AvgIpc) is 2.24. The first-order chi connectivity index (χ1) is 6.02. The number of hydrogen-bond donors (Lipinski definition) is 1. The van der Waals surface area contributed by atoms with Crippen molar-refractivity contribution in [2.24, 2.45) is 7.05 Å². The average molecular weight is 179 g/mol. The van der Waals surface area contributed by atoms with Gasteiger partial charge in [0.25, 0.3) is 0 Å². The number of nitrogens with zero attached hydrogens (tertiary/aromatic N) is 2. The normalized spacial score (nSPS) is 10.2. The van der Waals surface area contributed by atoms with Crippen LogP contribution in [0.4, 0.5) is 0 Å². The molecule has 0 bridgehead atoms. The Morgan fingerprint density at radius 2 is 2.15 bits per heavy atom. The van der Waals surface area contributed by atoms with Crippen LogP contribution in [0, 0.1) is 13.8 Å². The van der Waals surface area contributed by atoms with Gasteiger partial charge in [0.1, 0.15) is 0 Å². The molecule has 0 aromatic carbocycles. The molecule has 0 spiro atoms. The first kappa shape index (κ1) is 9.84. The minimum atomic E-state index is 0.820. The minimum Gasteiger partial charge on any atom is -0.385 e. The second-order valence-corrected chi connectivity index (χ2v) is 3.41. The zero-order valence-electron chi connectivity index (χ0n) is 8.81. The van der Waals surface area contributed by atoms with Crippen LogP contribution in [0.1, 0.15) is 23.9 Å². The quantitative estimate of drug-likeness (QED) is 0.764. The van der Waals surface area contributed by atoms with Gasteiger partial charge in [-0.15, -0.1) is 0 Å². The Labute approximate surface area is 79.5 Å². The second kappa shape index (κ2) is 3.64. The first-order valence-electron chi connectivity index (χ1n) is 4.41. The molecular weight excluding hydrogens is 162 g/mol. The van der Waals surface area contributed by atoms with Gasteiger partial charge in [0.05, 0.1) is 5.69 Å². The Balaban J connectivity index is 2.81. The van der Waals surface area contributed by atoms with Crippen molar-refractivity contribution in [2.75, 3.05) is 0 Å². The minimum absolute atomic E-state index is 0.820. The standard InChI is InChI=1S/C10H17N3/c1-7(2)11-6-10-8(3)12-13(5)9(10)4/h11H,1,6H2,2-5H3. The molecule has 0 unspecified atom stereocenters. The van der Waals surface area contributed by atoms with E-state index in [1.165, 1.54) is 11.3 Å². The summed E-state index contributed by atoms with van der Waals surface area (Å²) in [4.78, 5) is 0. The summed E-state index contributed by atoms with van der Waals surface area (Å²) in [6, 6.07) is 0. The highest BCUT2D eigenvalue weighted by molar-refractivity contribution is 5.24. The van der Waals surface area contributed by atoms with Gasteiger partial charge in [-0.25, -0.2) is 0 Å². The molecule has 3 nitrogen and oxygen atoms in total. The van der Waals surface area contributed by atoms with Gasteiger partial charge in [0.15, 0.2) is 0 Å². The van der Waals surface area contributed by atoms with Crippen LogP contribution in [0.2, 0.25) is 0 Å². The molecule has 1 aromatic heterocycles. The monoisotopic (exact) mass is 179 g/mol.